The first-order chi connectivity index (χ1) is 9.38. The lowest BCUT2D eigenvalue weighted by molar-refractivity contribution is -0.439. The molecular formula is C15H20N2O2. The highest BCUT2D eigenvalue weighted by Gasteiger charge is 2.61. The number of para-hydroxylation sites is 1. The summed E-state index contributed by atoms with van der Waals surface area (Å²) >= 11 is 0. The first kappa shape index (κ1) is 11.7. The Kier molecular flexibility index (Phi) is 2.76. The molecule has 3 heterocycles. The van der Waals surface area contributed by atoms with E-state index < -0.39 is 0 Å². The van der Waals surface area contributed by atoms with Crippen molar-refractivity contribution in [1.82, 2.24) is 5.06 Å². The molecule has 3 saturated heterocycles. The lowest BCUT2D eigenvalue weighted by atomic mass is 9.78. The number of benzene rings is 1. The summed E-state index contributed by atoms with van der Waals surface area (Å²) in [7, 11) is 0. The molecule has 1 aromatic carbocycles. The fourth-order valence-electron chi connectivity index (χ4n) is 3.66. The molecule has 3 aliphatic heterocycles. The number of rotatable bonds is 2. The molecule has 4 rings (SSSR count). The van der Waals surface area contributed by atoms with Gasteiger partial charge in [-0.3, -0.25) is 4.84 Å². The van der Waals surface area contributed by atoms with E-state index >= 15 is 0 Å². The van der Waals surface area contributed by atoms with Gasteiger partial charge in [-0.1, -0.05) is 18.2 Å². The predicted octanol–water partition coefficient (Wildman–Crippen LogP) is 2.59. The largest absolute Gasteiger partial charge is 0.360 e. The summed E-state index contributed by atoms with van der Waals surface area (Å²) in [4.78, 5) is 5.79. The molecule has 0 saturated carbocycles. The highest BCUT2D eigenvalue weighted by atomic mass is 16.7. The molecule has 4 nitrogen and oxygen atoms in total. The maximum absolute atomic E-state index is 6.23. The maximum Gasteiger partial charge on any atom is 0.153 e. The normalized spacial score (nSPS) is 37.9. The Morgan fingerprint density at radius 1 is 1.21 bits per heavy atom. The van der Waals surface area contributed by atoms with E-state index in [4.69, 9.17) is 9.57 Å². The van der Waals surface area contributed by atoms with Crippen molar-refractivity contribution in [3.8, 4) is 0 Å². The van der Waals surface area contributed by atoms with Crippen LogP contribution in [0, 0.1) is 5.92 Å². The quantitative estimate of drug-likeness (QED) is 0.886. The number of anilines is 1. The van der Waals surface area contributed by atoms with Crippen molar-refractivity contribution >= 4 is 5.69 Å². The van der Waals surface area contributed by atoms with Gasteiger partial charge in [0.15, 0.2) is 5.72 Å². The van der Waals surface area contributed by atoms with Crippen molar-refractivity contribution in [2.45, 2.75) is 37.6 Å². The van der Waals surface area contributed by atoms with E-state index in [1.165, 1.54) is 12.8 Å². The Morgan fingerprint density at radius 3 is 3.00 bits per heavy atom. The zero-order chi connectivity index (χ0) is 12.7. The molecule has 102 valence electrons. The number of nitrogens with one attached hydrogen (secondary N) is 1. The van der Waals surface area contributed by atoms with Gasteiger partial charge in [0.2, 0.25) is 0 Å². The minimum atomic E-state index is -0.136. The minimum Gasteiger partial charge on any atom is -0.360 e. The van der Waals surface area contributed by atoms with Gasteiger partial charge in [0.25, 0.3) is 0 Å². The Balaban J connectivity index is 1.50. The van der Waals surface area contributed by atoms with Crippen molar-refractivity contribution in [3.63, 3.8) is 0 Å². The molecule has 1 N–H and O–H groups in total. The van der Waals surface area contributed by atoms with E-state index in [1.54, 1.807) is 0 Å². The monoisotopic (exact) mass is 260 g/mol. The van der Waals surface area contributed by atoms with Crippen LogP contribution >= 0.6 is 0 Å². The molecule has 0 aliphatic carbocycles. The second-order valence-electron chi connectivity index (χ2n) is 5.68. The van der Waals surface area contributed by atoms with Crippen LogP contribution in [-0.2, 0) is 9.57 Å². The summed E-state index contributed by atoms with van der Waals surface area (Å²) in [5.41, 5.74) is 0.999. The van der Waals surface area contributed by atoms with E-state index in [-0.39, 0.29) is 12.0 Å². The molecule has 0 bridgehead atoms. The summed E-state index contributed by atoms with van der Waals surface area (Å²) in [5.74, 6) is 0.543. The predicted molar refractivity (Wildman–Crippen MR) is 72.3 cm³/mol. The molecule has 3 aliphatic rings. The third-order valence-electron chi connectivity index (χ3n) is 4.60. The topological polar surface area (TPSA) is 33.7 Å². The Labute approximate surface area is 113 Å². The Morgan fingerprint density at radius 2 is 2.11 bits per heavy atom. The van der Waals surface area contributed by atoms with Crippen LogP contribution in [0.25, 0.3) is 0 Å². The Bertz CT molecular complexity index is 451. The number of piperidine rings is 1. The molecule has 4 heteroatoms. The molecule has 19 heavy (non-hydrogen) atoms. The van der Waals surface area contributed by atoms with Gasteiger partial charge < -0.3 is 10.1 Å². The van der Waals surface area contributed by atoms with Crippen LogP contribution in [-0.4, -0.2) is 30.2 Å². The van der Waals surface area contributed by atoms with Crippen molar-refractivity contribution in [3.05, 3.63) is 30.3 Å². The fraction of sp³-hybridized carbons (Fsp3) is 0.600. The van der Waals surface area contributed by atoms with Crippen LogP contribution < -0.4 is 5.32 Å². The van der Waals surface area contributed by atoms with Crippen LogP contribution in [0.4, 0.5) is 5.69 Å². The van der Waals surface area contributed by atoms with E-state index in [2.05, 4.69) is 22.5 Å². The van der Waals surface area contributed by atoms with Gasteiger partial charge in [0.1, 0.15) is 6.23 Å². The van der Waals surface area contributed by atoms with Crippen LogP contribution in [0.5, 0.6) is 0 Å². The number of hydrogen-bond donors (Lipinski definition) is 1. The SMILES string of the molecule is c1ccc(NC2OC34CCCCN3OCCC24)cc1. The van der Waals surface area contributed by atoms with E-state index in [9.17, 15) is 0 Å². The van der Waals surface area contributed by atoms with Gasteiger partial charge in [-0.25, -0.2) is 0 Å². The summed E-state index contributed by atoms with van der Waals surface area (Å²) in [6, 6.07) is 10.3. The standard InChI is InChI=1S/C15H20N2O2/c1-2-6-12(7-3-1)16-14-13-8-11-18-17-10-5-4-9-15(13,17)19-14/h1-3,6-7,13-14,16H,4-5,8-11H2. The van der Waals surface area contributed by atoms with Gasteiger partial charge in [-0.2, -0.15) is 5.06 Å². The molecule has 0 amide bonds. The molecule has 3 atom stereocenters. The third kappa shape index (κ3) is 1.78. The minimum absolute atomic E-state index is 0.131. The van der Waals surface area contributed by atoms with Crippen LogP contribution in [0.3, 0.4) is 0 Å². The number of ether oxygens (including phenoxy) is 1. The third-order valence-corrected chi connectivity index (χ3v) is 4.60. The number of hydroxylamine groups is 2. The van der Waals surface area contributed by atoms with Crippen LogP contribution in [0.1, 0.15) is 25.7 Å². The van der Waals surface area contributed by atoms with Gasteiger partial charge in [-0.05, 0) is 37.8 Å². The second kappa shape index (κ2) is 4.47. The highest BCUT2D eigenvalue weighted by Crippen LogP contribution is 2.51. The maximum atomic E-state index is 6.23. The van der Waals surface area contributed by atoms with Gasteiger partial charge in [-0.15, -0.1) is 0 Å². The van der Waals surface area contributed by atoms with Gasteiger partial charge >= 0.3 is 0 Å². The van der Waals surface area contributed by atoms with Crippen molar-refractivity contribution in [2.75, 3.05) is 18.5 Å². The van der Waals surface area contributed by atoms with Crippen molar-refractivity contribution in [2.24, 2.45) is 5.92 Å². The smallest absolute Gasteiger partial charge is 0.153 e. The average Bonchev–Trinajstić information content (AvgIpc) is 2.45. The molecule has 0 aromatic heterocycles. The van der Waals surface area contributed by atoms with Crippen molar-refractivity contribution < 1.29 is 9.57 Å². The van der Waals surface area contributed by atoms with Crippen LogP contribution in [0.2, 0.25) is 0 Å². The average molecular weight is 260 g/mol. The Hall–Kier alpha value is -1.10. The zero-order valence-corrected chi connectivity index (χ0v) is 11.0. The first-order valence-corrected chi connectivity index (χ1v) is 7.28. The van der Waals surface area contributed by atoms with E-state index in [0.717, 1.165) is 31.7 Å². The summed E-state index contributed by atoms with van der Waals surface area (Å²) in [5, 5.41) is 5.61. The lowest BCUT2D eigenvalue weighted by Gasteiger charge is -2.62. The van der Waals surface area contributed by atoms with E-state index in [1.807, 2.05) is 18.2 Å². The van der Waals surface area contributed by atoms with Crippen molar-refractivity contribution in [1.29, 1.82) is 0 Å². The zero-order valence-electron chi connectivity index (χ0n) is 11.0. The number of nitrogens with zero attached hydrogens (tertiary/aromatic N) is 1. The highest BCUT2D eigenvalue weighted by molar-refractivity contribution is 5.43. The molecule has 3 unspecified atom stereocenters. The summed E-state index contributed by atoms with van der Waals surface area (Å²) < 4.78 is 6.23. The van der Waals surface area contributed by atoms with E-state index in [0.29, 0.717) is 5.92 Å². The number of hydrogen-bond acceptors (Lipinski definition) is 4. The molecule has 3 fully saturated rings. The fourth-order valence-corrected chi connectivity index (χ4v) is 3.66. The summed E-state index contributed by atoms with van der Waals surface area (Å²) in [6.45, 7) is 1.83. The molecular weight excluding hydrogens is 240 g/mol. The van der Waals surface area contributed by atoms with Crippen LogP contribution in [0.15, 0.2) is 30.3 Å². The van der Waals surface area contributed by atoms with Gasteiger partial charge in [0.05, 0.1) is 12.5 Å². The lowest BCUT2D eigenvalue weighted by Crippen LogP contribution is -2.74. The second-order valence-corrected chi connectivity index (χ2v) is 5.68. The molecule has 1 aromatic rings. The summed E-state index contributed by atoms with van der Waals surface area (Å²) in [6.07, 6.45) is 4.78. The first-order valence-electron chi connectivity index (χ1n) is 7.28. The van der Waals surface area contributed by atoms with Gasteiger partial charge in [0, 0.05) is 12.2 Å². The molecule has 0 radical (unpaired) electrons. The molecule has 1 spiro atoms.